The molecule has 4 heteroatoms. The summed E-state index contributed by atoms with van der Waals surface area (Å²) in [5.41, 5.74) is 1.20. The highest BCUT2D eigenvalue weighted by atomic mass is 16.5. The summed E-state index contributed by atoms with van der Waals surface area (Å²) < 4.78 is 5.38. The zero-order valence-corrected chi connectivity index (χ0v) is 14.0. The van der Waals surface area contributed by atoms with Crippen LogP contribution in [0.3, 0.4) is 0 Å². The summed E-state index contributed by atoms with van der Waals surface area (Å²) in [6.07, 6.45) is 5.65. The van der Waals surface area contributed by atoms with E-state index in [4.69, 9.17) is 4.74 Å². The van der Waals surface area contributed by atoms with Gasteiger partial charge < -0.3 is 15.0 Å². The number of carbonyl (C=O) groups excluding carboxylic acids is 1. The Kier molecular flexibility index (Phi) is 5.55. The van der Waals surface area contributed by atoms with Crippen LogP contribution < -0.4 is 5.32 Å². The van der Waals surface area contributed by atoms with Gasteiger partial charge >= 0.3 is 6.03 Å². The van der Waals surface area contributed by atoms with Gasteiger partial charge in [0.2, 0.25) is 0 Å². The van der Waals surface area contributed by atoms with Gasteiger partial charge in [0.05, 0.1) is 6.04 Å². The first-order valence-corrected chi connectivity index (χ1v) is 8.94. The van der Waals surface area contributed by atoms with Crippen molar-refractivity contribution in [1.29, 1.82) is 0 Å². The van der Waals surface area contributed by atoms with Crippen LogP contribution in [0.5, 0.6) is 0 Å². The van der Waals surface area contributed by atoms with E-state index in [1.165, 1.54) is 24.8 Å². The highest BCUT2D eigenvalue weighted by Crippen LogP contribution is 2.30. The number of rotatable bonds is 5. The molecule has 1 aromatic carbocycles. The van der Waals surface area contributed by atoms with Crippen molar-refractivity contribution in [3.05, 3.63) is 35.9 Å². The molecule has 1 aliphatic heterocycles. The summed E-state index contributed by atoms with van der Waals surface area (Å²) >= 11 is 0. The molecule has 3 rings (SSSR count). The van der Waals surface area contributed by atoms with Crippen LogP contribution in [0.15, 0.2) is 30.3 Å². The van der Waals surface area contributed by atoms with Gasteiger partial charge in [-0.3, -0.25) is 0 Å². The van der Waals surface area contributed by atoms with Crippen molar-refractivity contribution < 1.29 is 9.53 Å². The molecule has 4 nitrogen and oxygen atoms in total. The minimum absolute atomic E-state index is 0.0835. The van der Waals surface area contributed by atoms with Gasteiger partial charge in [-0.25, -0.2) is 4.79 Å². The third-order valence-corrected chi connectivity index (χ3v) is 5.24. The van der Waals surface area contributed by atoms with Crippen molar-refractivity contribution in [2.75, 3.05) is 19.8 Å². The van der Waals surface area contributed by atoms with E-state index < -0.39 is 0 Å². The molecule has 2 fully saturated rings. The number of ether oxygens (including phenoxy) is 1. The fraction of sp³-hybridized carbons (Fsp3) is 0.632. The van der Waals surface area contributed by atoms with E-state index in [0.29, 0.717) is 5.92 Å². The van der Waals surface area contributed by atoms with E-state index >= 15 is 0 Å². The zero-order valence-electron chi connectivity index (χ0n) is 14.0. The van der Waals surface area contributed by atoms with Crippen LogP contribution >= 0.6 is 0 Å². The first-order chi connectivity index (χ1) is 11.2. The Morgan fingerprint density at radius 2 is 1.91 bits per heavy atom. The third kappa shape index (κ3) is 4.25. The number of urea groups is 1. The number of hydrogen-bond donors (Lipinski definition) is 1. The standard InChI is InChI=1S/C19H28N2O2/c1-15(17-8-3-2-4-9-17)21(14-16-6-5-7-16)19(22)20-18-10-12-23-13-11-18/h2-4,8-9,15-16,18H,5-7,10-14H2,1H3,(H,20,22)/t15-/m1/s1. The number of nitrogens with one attached hydrogen (secondary N) is 1. The number of hydrogen-bond acceptors (Lipinski definition) is 2. The maximum atomic E-state index is 12.9. The molecule has 1 saturated carbocycles. The lowest BCUT2D eigenvalue weighted by atomic mass is 9.84. The predicted octanol–water partition coefficient (Wildman–Crippen LogP) is 3.74. The van der Waals surface area contributed by atoms with E-state index in [1.54, 1.807) is 0 Å². The van der Waals surface area contributed by atoms with Crippen molar-refractivity contribution in [3.8, 4) is 0 Å². The number of benzene rings is 1. The monoisotopic (exact) mass is 316 g/mol. The van der Waals surface area contributed by atoms with Gasteiger partial charge in [-0.15, -0.1) is 0 Å². The highest BCUT2D eigenvalue weighted by Gasteiger charge is 2.29. The molecule has 1 aromatic rings. The van der Waals surface area contributed by atoms with Gasteiger partial charge in [0.1, 0.15) is 0 Å². The summed E-state index contributed by atoms with van der Waals surface area (Å²) in [7, 11) is 0. The fourth-order valence-electron chi connectivity index (χ4n) is 3.38. The van der Waals surface area contributed by atoms with E-state index in [2.05, 4.69) is 24.4 Å². The van der Waals surface area contributed by atoms with Gasteiger partial charge in [-0.1, -0.05) is 36.8 Å². The molecule has 1 N–H and O–H groups in total. The van der Waals surface area contributed by atoms with E-state index in [0.717, 1.165) is 32.6 Å². The van der Waals surface area contributed by atoms with E-state index in [1.807, 2.05) is 23.1 Å². The first-order valence-electron chi connectivity index (χ1n) is 8.94. The Bertz CT molecular complexity index is 495. The molecule has 0 spiro atoms. The molecule has 0 unspecified atom stereocenters. The topological polar surface area (TPSA) is 41.6 Å². The van der Waals surface area contributed by atoms with Crippen molar-refractivity contribution >= 4 is 6.03 Å². The van der Waals surface area contributed by atoms with Crippen LogP contribution in [0.1, 0.15) is 50.6 Å². The quantitative estimate of drug-likeness (QED) is 0.899. The Morgan fingerprint density at radius 3 is 2.52 bits per heavy atom. The summed E-state index contributed by atoms with van der Waals surface area (Å²) in [6, 6.07) is 10.8. The van der Waals surface area contributed by atoms with Crippen LogP contribution in [-0.2, 0) is 4.74 Å². The molecule has 0 bridgehead atoms. The minimum Gasteiger partial charge on any atom is -0.381 e. The zero-order chi connectivity index (χ0) is 16.1. The maximum absolute atomic E-state index is 12.9. The lowest BCUT2D eigenvalue weighted by Gasteiger charge is -2.37. The Hall–Kier alpha value is -1.55. The molecule has 126 valence electrons. The van der Waals surface area contributed by atoms with Crippen LogP contribution in [0.2, 0.25) is 0 Å². The lowest BCUT2D eigenvalue weighted by molar-refractivity contribution is 0.0756. The molecule has 1 heterocycles. The average molecular weight is 316 g/mol. The molecule has 0 radical (unpaired) electrons. The largest absolute Gasteiger partial charge is 0.381 e. The smallest absolute Gasteiger partial charge is 0.318 e. The van der Waals surface area contributed by atoms with Gasteiger partial charge in [0, 0.05) is 25.8 Å². The summed E-state index contributed by atoms with van der Waals surface area (Å²) in [4.78, 5) is 14.9. The summed E-state index contributed by atoms with van der Waals surface area (Å²) in [5.74, 6) is 0.668. The highest BCUT2D eigenvalue weighted by molar-refractivity contribution is 5.75. The lowest BCUT2D eigenvalue weighted by Crippen LogP contribution is -2.49. The maximum Gasteiger partial charge on any atom is 0.318 e. The van der Waals surface area contributed by atoms with Crippen molar-refractivity contribution in [2.24, 2.45) is 5.92 Å². The van der Waals surface area contributed by atoms with Crippen LogP contribution in [0.4, 0.5) is 4.79 Å². The Morgan fingerprint density at radius 1 is 1.22 bits per heavy atom. The van der Waals surface area contributed by atoms with E-state index in [9.17, 15) is 4.79 Å². The molecule has 2 amide bonds. The van der Waals surface area contributed by atoms with Crippen molar-refractivity contribution in [2.45, 2.75) is 51.1 Å². The van der Waals surface area contributed by atoms with Gasteiger partial charge in [0.15, 0.2) is 0 Å². The van der Waals surface area contributed by atoms with Crippen LogP contribution in [-0.4, -0.2) is 36.7 Å². The van der Waals surface area contributed by atoms with Gasteiger partial charge in [-0.2, -0.15) is 0 Å². The summed E-state index contributed by atoms with van der Waals surface area (Å²) in [5, 5.41) is 3.23. The average Bonchev–Trinajstić information content (AvgIpc) is 2.55. The number of amides is 2. The molecular weight excluding hydrogens is 288 g/mol. The Labute approximate surface area is 139 Å². The normalized spacial score (nSPS) is 20.6. The van der Waals surface area contributed by atoms with Crippen LogP contribution in [0.25, 0.3) is 0 Å². The Balaban J connectivity index is 1.67. The fourth-order valence-corrected chi connectivity index (χ4v) is 3.38. The molecule has 1 aliphatic carbocycles. The predicted molar refractivity (Wildman–Crippen MR) is 91.3 cm³/mol. The summed E-state index contributed by atoms with van der Waals surface area (Å²) in [6.45, 7) is 4.51. The molecule has 0 aromatic heterocycles. The van der Waals surface area contributed by atoms with Crippen molar-refractivity contribution in [3.63, 3.8) is 0 Å². The van der Waals surface area contributed by atoms with Crippen LogP contribution in [0, 0.1) is 5.92 Å². The molecule has 2 aliphatic rings. The molecule has 1 saturated heterocycles. The molecule has 23 heavy (non-hydrogen) atoms. The van der Waals surface area contributed by atoms with Gasteiger partial charge in [-0.05, 0) is 44.1 Å². The van der Waals surface area contributed by atoms with Gasteiger partial charge in [0.25, 0.3) is 0 Å². The molecule has 1 atom stereocenters. The number of carbonyl (C=O) groups is 1. The SMILES string of the molecule is C[C@H](c1ccccc1)N(CC1CCC1)C(=O)NC1CCOCC1. The van der Waals surface area contributed by atoms with Crippen molar-refractivity contribution in [1.82, 2.24) is 10.2 Å². The third-order valence-electron chi connectivity index (χ3n) is 5.24. The first kappa shape index (κ1) is 16.3. The van der Waals surface area contributed by atoms with E-state index in [-0.39, 0.29) is 18.1 Å². The second-order valence-corrected chi connectivity index (χ2v) is 6.87. The second-order valence-electron chi connectivity index (χ2n) is 6.87. The molecular formula is C19H28N2O2. The second kappa shape index (κ2) is 7.82. The minimum atomic E-state index is 0.0835. The number of nitrogens with zero attached hydrogens (tertiary/aromatic N) is 1.